The molecule has 0 unspecified atom stereocenters. The highest BCUT2D eigenvalue weighted by molar-refractivity contribution is 7.87. The number of amides is 2. The van der Waals surface area contributed by atoms with Crippen molar-refractivity contribution in [2.75, 3.05) is 25.6 Å². The monoisotopic (exact) mass is 526 g/mol. The van der Waals surface area contributed by atoms with E-state index in [0.29, 0.717) is 21.3 Å². The lowest BCUT2D eigenvalue weighted by Gasteiger charge is -2.23. The third kappa shape index (κ3) is 7.07. The number of methoxy groups -OCH3 is 1. The van der Waals surface area contributed by atoms with E-state index in [0.717, 1.165) is 24.3 Å². The zero-order chi connectivity index (χ0) is 24.7. The van der Waals surface area contributed by atoms with Gasteiger partial charge >= 0.3 is 16.1 Å². The van der Waals surface area contributed by atoms with E-state index in [-0.39, 0.29) is 30.3 Å². The van der Waals surface area contributed by atoms with Crippen molar-refractivity contribution in [3.8, 4) is 5.75 Å². The molecule has 0 aliphatic heterocycles. The van der Waals surface area contributed by atoms with Crippen LogP contribution in [0.3, 0.4) is 0 Å². The van der Waals surface area contributed by atoms with Crippen molar-refractivity contribution >= 4 is 45.0 Å². The van der Waals surface area contributed by atoms with Crippen LogP contribution in [0.15, 0.2) is 71.6 Å². The van der Waals surface area contributed by atoms with Gasteiger partial charge in [-0.05, 0) is 60.2 Å². The van der Waals surface area contributed by atoms with Gasteiger partial charge in [-0.15, -0.1) is 0 Å². The van der Waals surface area contributed by atoms with Crippen LogP contribution in [0.1, 0.15) is 5.56 Å². The fourth-order valence-electron chi connectivity index (χ4n) is 2.92. The van der Waals surface area contributed by atoms with E-state index < -0.39 is 22.0 Å². The molecular formula is C23H21Cl2FN2O5S. The van der Waals surface area contributed by atoms with Crippen LogP contribution in [0, 0.1) is 5.82 Å². The predicted octanol–water partition coefficient (Wildman–Crippen LogP) is 5.58. The highest BCUT2D eigenvalue weighted by Gasteiger charge is 2.18. The first-order valence-corrected chi connectivity index (χ1v) is 12.1. The molecule has 0 spiro atoms. The van der Waals surface area contributed by atoms with Gasteiger partial charge in [0.1, 0.15) is 16.5 Å². The summed E-state index contributed by atoms with van der Waals surface area (Å²) in [4.78, 5) is 14.2. The molecule has 0 heterocycles. The molecule has 0 aliphatic carbocycles. The van der Waals surface area contributed by atoms with Crippen LogP contribution in [-0.2, 0) is 21.4 Å². The summed E-state index contributed by atoms with van der Waals surface area (Å²) in [5.74, 6) is -0.505. The molecule has 3 aromatic rings. The van der Waals surface area contributed by atoms with E-state index in [2.05, 4.69) is 5.32 Å². The molecule has 0 atom stereocenters. The van der Waals surface area contributed by atoms with Crippen LogP contribution in [0.2, 0.25) is 10.0 Å². The number of rotatable bonds is 9. The number of halogens is 3. The second kappa shape index (κ2) is 11.5. The minimum Gasteiger partial charge on any atom is -0.383 e. The van der Waals surface area contributed by atoms with Crippen molar-refractivity contribution in [3.05, 3.63) is 88.2 Å². The zero-order valence-electron chi connectivity index (χ0n) is 18.0. The average Bonchev–Trinajstić information content (AvgIpc) is 2.79. The summed E-state index contributed by atoms with van der Waals surface area (Å²) in [5, 5.41) is 3.41. The quantitative estimate of drug-likeness (QED) is 0.368. The van der Waals surface area contributed by atoms with Crippen molar-refractivity contribution in [3.63, 3.8) is 0 Å². The second-order valence-electron chi connectivity index (χ2n) is 7.11. The lowest BCUT2D eigenvalue weighted by atomic mass is 10.2. The van der Waals surface area contributed by atoms with Gasteiger partial charge in [0.15, 0.2) is 0 Å². The van der Waals surface area contributed by atoms with Gasteiger partial charge in [-0.25, -0.2) is 9.18 Å². The Kier molecular flexibility index (Phi) is 8.73. The van der Waals surface area contributed by atoms with Crippen molar-refractivity contribution in [2.24, 2.45) is 0 Å². The molecular weight excluding hydrogens is 506 g/mol. The number of urea groups is 1. The number of carbonyl (C=O) groups is 1. The number of hydrogen-bond donors (Lipinski definition) is 1. The van der Waals surface area contributed by atoms with Gasteiger partial charge in [-0.3, -0.25) is 0 Å². The molecule has 3 aromatic carbocycles. The van der Waals surface area contributed by atoms with E-state index in [9.17, 15) is 17.6 Å². The van der Waals surface area contributed by atoms with E-state index in [1.54, 1.807) is 24.3 Å². The van der Waals surface area contributed by atoms with E-state index >= 15 is 0 Å². The number of carbonyl (C=O) groups excluding carboxylic acids is 1. The van der Waals surface area contributed by atoms with Gasteiger partial charge in [0.2, 0.25) is 0 Å². The van der Waals surface area contributed by atoms with Crippen molar-refractivity contribution < 1.29 is 26.5 Å². The minimum atomic E-state index is -4.16. The number of nitrogens with one attached hydrogen (secondary N) is 1. The first kappa shape index (κ1) is 25.8. The molecule has 0 radical (unpaired) electrons. The molecule has 34 heavy (non-hydrogen) atoms. The number of benzene rings is 3. The Morgan fingerprint density at radius 1 is 1.03 bits per heavy atom. The molecule has 2 amide bonds. The summed E-state index contributed by atoms with van der Waals surface area (Å²) in [6.07, 6.45) is 0. The highest BCUT2D eigenvalue weighted by Crippen LogP contribution is 2.25. The molecule has 1 N–H and O–H groups in total. The maximum Gasteiger partial charge on any atom is 0.339 e. The topological polar surface area (TPSA) is 84.9 Å². The Morgan fingerprint density at radius 3 is 2.44 bits per heavy atom. The van der Waals surface area contributed by atoms with Crippen LogP contribution in [0.25, 0.3) is 0 Å². The highest BCUT2D eigenvalue weighted by atomic mass is 35.5. The third-order valence-corrected chi connectivity index (χ3v) is 6.60. The van der Waals surface area contributed by atoms with Crippen LogP contribution in [-0.4, -0.2) is 39.6 Å². The molecule has 0 bridgehead atoms. The van der Waals surface area contributed by atoms with Crippen LogP contribution in [0.5, 0.6) is 5.75 Å². The molecule has 0 aromatic heterocycles. The summed E-state index contributed by atoms with van der Waals surface area (Å²) in [6, 6.07) is 14.9. The molecule has 180 valence electrons. The average molecular weight is 527 g/mol. The lowest BCUT2D eigenvalue weighted by Crippen LogP contribution is -2.36. The van der Waals surface area contributed by atoms with Crippen molar-refractivity contribution in [1.29, 1.82) is 0 Å². The van der Waals surface area contributed by atoms with Gasteiger partial charge in [-0.2, -0.15) is 8.42 Å². The number of ether oxygens (including phenoxy) is 1. The molecule has 0 aliphatic rings. The van der Waals surface area contributed by atoms with Gasteiger partial charge in [-0.1, -0.05) is 35.3 Å². The normalized spacial score (nSPS) is 11.2. The summed E-state index contributed by atoms with van der Waals surface area (Å²) in [6.45, 7) is 0.691. The lowest BCUT2D eigenvalue weighted by molar-refractivity contribution is 0.153. The van der Waals surface area contributed by atoms with Crippen LogP contribution < -0.4 is 9.50 Å². The summed E-state index contributed by atoms with van der Waals surface area (Å²) < 4.78 is 48.4. The molecule has 0 saturated carbocycles. The standard InChI is InChI=1S/C23H21Cl2FN2O5S/c1-32-12-11-28(23(29)27-18-7-10-21(24)22(25)14-18)15-16-3-2-4-19(13-16)33-34(30,31)20-8-5-17(26)6-9-20/h2-10,13-14H,11-12,15H2,1H3,(H,27,29). The van der Waals surface area contributed by atoms with Crippen LogP contribution in [0.4, 0.5) is 14.9 Å². The Labute approximate surface area is 207 Å². The molecule has 0 saturated heterocycles. The maximum atomic E-state index is 13.1. The van der Waals surface area contributed by atoms with Gasteiger partial charge < -0.3 is 19.1 Å². The summed E-state index contributed by atoms with van der Waals surface area (Å²) in [7, 11) is -2.64. The molecule has 11 heteroatoms. The van der Waals surface area contributed by atoms with E-state index in [4.69, 9.17) is 32.1 Å². The third-order valence-electron chi connectivity index (χ3n) is 4.60. The first-order chi connectivity index (χ1) is 16.2. The molecule has 0 fully saturated rings. The van der Waals surface area contributed by atoms with Gasteiger partial charge in [0, 0.05) is 25.9 Å². The second-order valence-corrected chi connectivity index (χ2v) is 9.47. The molecule has 3 rings (SSSR count). The van der Waals surface area contributed by atoms with Crippen molar-refractivity contribution in [2.45, 2.75) is 11.4 Å². The number of nitrogens with zero attached hydrogens (tertiary/aromatic N) is 1. The van der Waals surface area contributed by atoms with E-state index in [1.165, 1.54) is 30.2 Å². The Balaban J connectivity index is 1.75. The Hall–Kier alpha value is -2.85. The first-order valence-electron chi connectivity index (χ1n) is 9.97. The SMILES string of the molecule is COCCN(Cc1cccc(OS(=O)(=O)c2ccc(F)cc2)c1)C(=O)Nc1ccc(Cl)c(Cl)c1. The van der Waals surface area contributed by atoms with Gasteiger partial charge in [0.25, 0.3) is 0 Å². The van der Waals surface area contributed by atoms with Crippen molar-refractivity contribution in [1.82, 2.24) is 4.90 Å². The van der Waals surface area contributed by atoms with Gasteiger partial charge in [0.05, 0.1) is 16.7 Å². The maximum absolute atomic E-state index is 13.1. The number of anilines is 1. The summed E-state index contributed by atoms with van der Waals surface area (Å²) in [5.41, 5.74) is 1.08. The smallest absolute Gasteiger partial charge is 0.339 e. The largest absolute Gasteiger partial charge is 0.383 e. The Morgan fingerprint density at radius 2 is 1.76 bits per heavy atom. The summed E-state index contributed by atoms with van der Waals surface area (Å²) >= 11 is 11.9. The predicted molar refractivity (Wildman–Crippen MR) is 128 cm³/mol. The fourth-order valence-corrected chi connectivity index (χ4v) is 4.14. The number of hydrogen-bond acceptors (Lipinski definition) is 5. The molecule has 7 nitrogen and oxygen atoms in total. The van der Waals surface area contributed by atoms with E-state index in [1.807, 2.05) is 0 Å². The van der Waals surface area contributed by atoms with Crippen LogP contribution >= 0.6 is 23.2 Å². The minimum absolute atomic E-state index is 0.0541. The zero-order valence-corrected chi connectivity index (χ0v) is 20.3. The Bertz CT molecular complexity index is 1260. The fraction of sp³-hybridized carbons (Fsp3) is 0.174.